The van der Waals surface area contributed by atoms with Crippen molar-refractivity contribution in [2.45, 2.75) is 32.4 Å². The molecule has 1 aromatic heterocycles. The summed E-state index contributed by atoms with van der Waals surface area (Å²) in [5.74, 6) is -0.212. The molecule has 1 saturated carbocycles. The number of aryl methyl sites for hydroxylation is 1. The lowest BCUT2D eigenvalue weighted by Crippen LogP contribution is -2.16. The summed E-state index contributed by atoms with van der Waals surface area (Å²) in [6, 6.07) is 5.06. The van der Waals surface area contributed by atoms with Crippen LogP contribution in [0.2, 0.25) is 5.02 Å². The topological polar surface area (TPSA) is 47.0 Å². The molecule has 0 bridgehead atoms. The van der Waals surface area contributed by atoms with Crippen LogP contribution in [0.5, 0.6) is 11.8 Å². The quantitative estimate of drug-likeness (QED) is 0.916. The molecule has 4 nitrogen and oxygen atoms in total. The highest BCUT2D eigenvalue weighted by molar-refractivity contribution is 6.30. The van der Waals surface area contributed by atoms with Gasteiger partial charge < -0.3 is 10.1 Å². The van der Waals surface area contributed by atoms with Crippen molar-refractivity contribution in [1.29, 1.82) is 0 Å². The van der Waals surface area contributed by atoms with Gasteiger partial charge in [-0.05, 0) is 31.9 Å². The maximum absolute atomic E-state index is 13.3. The first kappa shape index (κ1) is 14.2. The van der Waals surface area contributed by atoms with Crippen molar-refractivity contribution in [3.63, 3.8) is 0 Å². The van der Waals surface area contributed by atoms with E-state index in [9.17, 15) is 4.39 Å². The van der Waals surface area contributed by atoms with E-state index in [0.717, 1.165) is 17.8 Å². The summed E-state index contributed by atoms with van der Waals surface area (Å²) in [4.78, 5) is 8.45. The minimum Gasteiger partial charge on any atom is -0.424 e. The molecule has 0 unspecified atom stereocenters. The molecule has 1 aliphatic rings. The highest BCUT2D eigenvalue weighted by Gasteiger charge is 2.20. The Kier molecular flexibility index (Phi) is 4.03. The first-order chi connectivity index (χ1) is 10.1. The first-order valence-electron chi connectivity index (χ1n) is 6.80. The molecule has 0 atom stereocenters. The predicted octanol–water partition coefficient (Wildman–Crippen LogP) is 3.62. The summed E-state index contributed by atoms with van der Waals surface area (Å²) < 4.78 is 18.8. The van der Waals surface area contributed by atoms with Crippen LogP contribution in [0.3, 0.4) is 0 Å². The van der Waals surface area contributed by atoms with Gasteiger partial charge >= 0.3 is 6.01 Å². The number of aromatic nitrogens is 2. The van der Waals surface area contributed by atoms with Gasteiger partial charge in [0.1, 0.15) is 11.6 Å². The summed E-state index contributed by atoms with van der Waals surface area (Å²) in [5, 5.41) is 3.47. The maximum Gasteiger partial charge on any atom is 0.322 e. The predicted molar refractivity (Wildman–Crippen MR) is 78.1 cm³/mol. The van der Waals surface area contributed by atoms with E-state index in [1.165, 1.54) is 25.0 Å². The number of ether oxygens (including phenoxy) is 1. The fourth-order valence-electron chi connectivity index (χ4n) is 1.88. The van der Waals surface area contributed by atoms with Gasteiger partial charge in [0, 0.05) is 36.1 Å². The summed E-state index contributed by atoms with van der Waals surface area (Å²) in [7, 11) is 0. The average molecular weight is 308 g/mol. The second-order valence-electron chi connectivity index (χ2n) is 5.10. The third kappa shape index (κ3) is 3.68. The van der Waals surface area contributed by atoms with Gasteiger partial charge in [0.05, 0.1) is 5.02 Å². The Morgan fingerprint density at radius 3 is 2.90 bits per heavy atom. The smallest absolute Gasteiger partial charge is 0.322 e. The van der Waals surface area contributed by atoms with E-state index < -0.39 is 5.82 Å². The van der Waals surface area contributed by atoms with E-state index in [1.54, 1.807) is 12.3 Å². The zero-order valence-corrected chi connectivity index (χ0v) is 12.3. The van der Waals surface area contributed by atoms with E-state index in [1.807, 2.05) is 6.92 Å². The van der Waals surface area contributed by atoms with E-state index in [-0.39, 0.29) is 11.0 Å². The Morgan fingerprint density at radius 1 is 1.43 bits per heavy atom. The average Bonchev–Trinajstić information content (AvgIpc) is 3.26. The van der Waals surface area contributed by atoms with Crippen LogP contribution >= 0.6 is 11.6 Å². The summed E-state index contributed by atoms with van der Waals surface area (Å²) in [6.45, 7) is 2.66. The highest BCUT2D eigenvalue weighted by Crippen LogP contribution is 2.24. The molecule has 1 fully saturated rings. The van der Waals surface area contributed by atoms with Crippen LogP contribution in [0.25, 0.3) is 0 Å². The molecule has 1 N–H and O–H groups in total. The number of benzene rings is 1. The van der Waals surface area contributed by atoms with Crippen LogP contribution in [0.1, 0.15) is 24.1 Å². The van der Waals surface area contributed by atoms with Crippen LogP contribution in [0.15, 0.2) is 24.4 Å². The minimum atomic E-state index is -0.531. The molecule has 2 aromatic rings. The lowest BCUT2D eigenvalue weighted by atomic mass is 10.2. The second-order valence-corrected chi connectivity index (χ2v) is 5.50. The molecular formula is C15H15ClFN3O. The van der Waals surface area contributed by atoms with E-state index >= 15 is 0 Å². The molecule has 110 valence electrons. The molecule has 1 aliphatic carbocycles. The normalized spacial score (nSPS) is 14.2. The Morgan fingerprint density at radius 2 is 2.24 bits per heavy atom. The number of rotatable bonds is 5. The molecule has 21 heavy (non-hydrogen) atoms. The standard InChI is InChI=1S/C15H15ClFN3O/c1-9-10(7-18-11-2-3-11)8-19-15(20-9)21-12-4-5-13(16)14(17)6-12/h4-6,8,11,18H,2-3,7H2,1H3. The van der Waals surface area contributed by atoms with Crippen molar-refractivity contribution in [2.75, 3.05) is 0 Å². The van der Waals surface area contributed by atoms with Gasteiger partial charge in [-0.2, -0.15) is 4.98 Å². The second kappa shape index (κ2) is 5.95. The zero-order valence-electron chi connectivity index (χ0n) is 11.6. The summed E-state index contributed by atoms with van der Waals surface area (Å²) in [6.07, 6.45) is 4.21. The Balaban J connectivity index is 1.70. The van der Waals surface area contributed by atoms with E-state index in [2.05, 4.69) is 15.3 Å². The first-order valence-corrected chi connectivity index (χ1v) is 7.18. The molecule has 0 amide bonds. The van der Waals surface area contributed by atoms with Crippen molar-refractivity contribution < 1.29 is 9.13 Å². The summed E-state index contributed by atoms with van der Waals surface area (Å²) in [5.41, 5.74) is 1.89. The molecular weight excluding hydrogens is 293 g/mol. The highest BCUT2D eigenvalue weighted by atomic mass is 35.5. The molecule has 3 rings (SSSR count). The van der Waals surface area contributed by atoms with E-state index in [4.69, 9.17) is 16.3 Å². The van der Waals surface area contributed by atoms with E-state index in [0.29, 0.717) is 11.8 Å². The molecule has 1 aromatic carbocycles. The maximum atomic E-state index is 13.3. The third-order valence-electron chi connectivity index (χ3n) is 3.32. The monoisotopic (exact) mass is 307 g/mol. The van der Waals surface area contributed by atoms with Gasteiger partial charge in [-0.25, -0.2) is 9.37 Å². The molecule has 0 aliphatic heterocycles. The molecule has 0 radical (unpaired) electrons. The van der Waals surface area contributed by atoms with Gasteiger partial charge in [0.2, 0.25) is 0 Å². The zero-order chi connectivity index (χ0) is 14.8. The van der Waals surface area contributed by atoms with Crippen molar-refractivity contribution in [1.82, 2.24) is 15.3 Å². The fourth-order valence-corrected chi connectivity index (χ4v) is 2.00. The Bertz CT molecular complexity index is 661. The van der Waals surface area contributed by atoms with Gasteiger partial charge in [-0.3, -0.25) is 0 Å². The van der Waals surface area contributed by atoms with Crippen LogP contribution in [0, 0.1) is 12.7 Å². The largest absolute Gasteiger partial charge is 0.424 e. The molecule has 0 saturated heterocycles. The van der Waals surface area contributed by atoms with Crippen molar-refractivity contribution in [3.8, 4) is 11.8 Å². The minimum absolute atomic E-state index is 0.0564. The van der Waals surface area contributed by atoms with Gasteiger partial charge in [-0.1, -0.05) is 11.6 Å². The SMILES string of the molecule is Cc1nc(Oc2ccc(Cl)c(F)c2)ncc1CNC1CC1. The lowest BCUT2D eigenvalue weighted by Gasteiger charge is -2.08. The van der Waals surface area contributed by atoms with Crippen LogP contribution in [0.4, 0.5) is 4.39 Å². The summed E-state index contributed by atoms with van der Waals surface area (Å²) >= 11 is 5.63. The lowest BCUT2D eigenvalue weighted by molar-refractivity contribution is 0.435. The Labute approximate surface area is 127 Å². The molecule has 0 spiro atoms. The van der Waals surface area contributed by atoms with Crippen LogP contribution < -0.4 is 10.1 Å². The number of hydrogen-bond acceptors (Lipinski definition) is 4. The van der Waals surface area contributed by atoms with Crippen molar-refractivity contribution in [2.24, 2.45) is 0 Å². The van der Waals surface area contributed by atoms with Crippen molar-refractivity contribution in [3.05, 3.63) is 46.5 Å². The van der Waals surface area contributed by atoms with Gasteiger partial charge in [0.25, 0.3) is 0 Å². The number of nitrogens with zero attached hydrogens (tertiary/aromatic N) is 2. The number of hydrogen-bond donors (Lipinski definition) is 1. The molecule has 6 heteroatoms. The third-order valence-corrected chi connectivity index (χ3v) is 3.62. The molecule has 1 heterocycles. The van der Waals surface area contributed by atoms with Crippen molar-refractivity contribution >= 4 is 11.6 Å². The van der Waals surface area contributed by atoms with Crippen LogP contribution in [-0.4, -0.2) is 16.0 Å². The number of nitrogens with one attached hydrogen (secondary N) is 1. The Hall–Kier alpha value is -1.72. The van der Waals surface area contributed by atoms with Gasteiger partial charge in [-0.15, -0.1) is 0 Å². The van der Waals surface area contributed by atoms with Gasteiger partial charge in [0.15, 0.2) is 0 Å². The van der Waals surface area contributed by atoms with Crippen LogP contribution in [-0.2, 0) is 6.54 Å². The number of halogens is 2. The fraction of sp³-hybridized carbons (Fsp3) is 0.333.